The topological polar surface area (TPSA) is 105 Å². The summed E-state index contributed by atoms with van der Waals surface area (Å²) in [5, 5.41) is 2.89. The third-order valence-corrected chi connectivity index (χ3v) is 8.61. The van der Waals surface area contributed by atoms with Gasteiger partial charge in [0.15, 0.2) is 11.5 Å². The Morgan fingerprint density at radius 3 is 2.31 bits per heavy atom. The number of methoxy groups -OCH3 is 2. The Kier molecular flexibility index (Phi) is 7.05. The number of nitrogens with one attached hydrogen (secondary N) is 1. The molecular weight excluding hydrogens is 470 g/mol. The number of sulfonamides is 1. The Bertz CT molecular complexity index is 1240. The number of anilines is 2. The number of nitrogens with zero attached hydrogens (tertiary/aromatic N) is 2. The van der Waals surface area contributed by atoms with Gasteiger partial charge < -0.3 is 19.7 Å². The first-order valence-corrected chi connectivity index (χ1v) is 13.1. The molecule has 1 fully saturated rings. The third kappa shape index (κ3) is 4.85. The van der Waals surface area contributed by atoms with Crippen LogP contribution in [0.2, 0.25) is 0 Å². The van der Waals surface area contributed by atoms with Gasteiger partial charge in [-0.05, 0) is 62.1 Å². The maximum absolute atomic E-state index is 13.3. The quantitative estimate of drug-likeness (QED) is 0.652. The van der Waals surface area contributed by atoms with Crippen molar-refractivity contribution in [1.29, 1.82) is 0 Å². The molecule has 4 rings (SSSR count). The molecule has 2 aromatic rings. The summed E-state index contributed by atoms with van der Waals surface area (Å²) in [6.07, 6.45) is 1.48. The lowest BCUT2D eigenvalue weighted by atomic mass is 9.97. The largest absolute Gasteiger partial charge is 0.493 e. The van der Waals surface area contributed by atoms with Crippen molar-refractivity contribution >= 4 is 33.2 Å². The minimum absolute atomic E-state index is 0.000353. The van der Waals surface area contributed by atoms with E-state index in [-0.39, 0.29) is 41.8 Å². The van der Waals surface area contributed by atoms with Gasteiger partial charge in [-0.2, -0.15) is 4.31 Å². The summed E-state index contributed by atoms with van der Waals surface area (Å²) in [6, 6.07) is 10.1. The van der Waals surface area contributed by atoms with E-state index in [1.807, 2.05) is 6.92 Å². The zero-order valence-electron chi connectivity index (χ0n) is 20.4. The lowest BCUT2D eigenvalue weighted by molar-refractivity contribution is -0.121. The van der Waals surface area contributed by atoms with Gasteiger partial charge in [0.25, 0.3) is 0 Å². The summed E-state index contributed by atoms with van der Waals surface area (Å²) in [5.74, 6) is 0.588. The molecule has 188 valence electrons. The second-order valence-corrected chi connectivity index (χ2v) is 10.9. The van der Waals surface area contributed by atoms with Crippen LogP contribution in [0.4, 0.5) is 11.4 Å². The molecule has 1 N–H and O–H groups in total. The highest BCUT2D eigenvalue weighted by Gasteiger charge is 2.34. The van der Waals surface area contributed by atoms with Crippen LogP contribution in [0, 0.1) is 5.92 Å². The number of hydrogen-bond acceptors (Lipinski definition) is 6. The zero-order valence-corrected chi connectivity index (χ0v) is 21.2. The molecule has 1 saturated heterocycles. The van der Waals surface area contributed by atoms with Gasteiger partial charge in [0, 0.05) is 49.4 Å². The Morgan fingerprint density at radius 2 is 1.69 bits per heavy atom. The standard InChI is InChI=1S/C25H31N3O6S/c1-16-13-19-14-21(6-7-22(19)28(16)17(2)29)35(31,32)27-11-9-18(10-12-27)25(30)26-20-5-8-23(33-3)24(15-20)34-4/h5-8,14-16,18H,9-13H2,1-4H3,(H,26,30)/t16-/m1/s1. The fourth-order valence-electron chi connectivity index (χ4n) is 4.91. The Morgan fingerprint density at radius 1 is 1.00 bits per heavy atom. The molecule has 10 heteroatoms. The number of carbonyl (C=O) groups excluding carboxylic acids is 2. The second-order valence-electron chi connectivity index (χ2n) is 8.97. The predicted molar refractivity (Wildman–Crippen MR) is 132 cm³/mol. The molecule has 0 unspecified atom stereocenters. The van der Waals surface area contributed by atoms with Crippen molar-refractivity contribution in [2.24, 2.45) is 5.92 Å². The zero-order chi connectivity index (χ0) is 25.3. The van der Waals surface area contributed by atoms with Crippen LogP contribution in [-0.4, -0.2) is 57.9 Å². The number of amides is 2. The van der Waals surface area contributed by atoms with Gasteiger partial charge in [-0.3, -0.25) is 9.59 Å². The highest BCUT2D eigenvalue weighted by molar-refractivity contribution is 7.89. The first kappa shape index (κ1) is 25.0. The van der Waals surface area contributed by atoms with Crippen LogP contribution in [0.15, 0.2) is 41.3 Å². The predicted octanol–water partition coefficient (Wildman–Crippen LogP) is 3.04. The summed E-state index contributed by atoms with van der Waals surface area (Å²) in [7, 11) is -0.624. The highest BCUT2D eigenvalue weighted by atomic mass is 32.2. The minimum Gasteiger partial charge on any atom is -0.493 e. The molecule has 0 radical (unpaired) electrons. The van der Waals surface area contributed by atoms with Crippen LogP contribution in [0.5, 0.6) is 11.5 Å². The molecule has 2 amide bonds. The Balaban J connectivity index is 1.41. The number of fused-ring (bicyclic) bond motifs is 1. The summed E-state index contributed by atoms with van der Waals surface area (Å²) in [5.41, 5.74) is 2.22. The van der Waals surface area contributed by atoms with E-state index < -0.39 is 10.0 Å². The van der Waals surface area contributed by atoms with E-state index in [0.29, 0.717) is 36.4 Å². The number of carbonyl (C=O) groups is 2. The number of piperidine rings is 1. The van der Waals surface area contributed by atoms with Gasteiger partial charge in [-0.15, -0.1) is 0 Å². The van der Waals surface area contributed by atoms with Gasteiger partial charge in [0.1, 0.15) is 0 Å². The number of benzene rings is 2. The van der Waals surface area contributed by atoms with E-state index in [1.54, 1.807) is 48.4 Å². The van der Waals surface area contributed by atoms with E-state index >= 15 is 0 Å². The van der Waals surface area contributed by atoms with E-state index in [0.717, 1.165) is 11.3 Å². The molecule has 0 saturated carbocycles. The van der Waals surface area contributed by atoms with Gasteiger partial charge in [-0.25, -0.2) is 8.42 Å². The molecule has 9 nitrogen and oxygen atoms in total. The van der Waals surface area contributed by atoms with Crippen LogP contribution < -0.4 is 19.7 Å². The van der Waals surface area contributed by atoms with Gasteiger partial charge in [0.05, 0.1) is 19.1 Å². The van der Waals surface area contributed by atoms with Crippen molar-refractivity contribution in [3.8, 4) is 11.5 Å². The summed E-state index contributed by atoms with van der Waals surface area (Å²) in [6.45, 7) is 3.99. The van der Waals surface area contributed by atoms with Crippen molar-refractivity contribution in [1.82, 2.24) is 4.31 Å². The van der Waals surface area contributed by atoms with Gasteiger partial charge in [-0.1, -0.05) is 0 Å². The summed E-state index contributed by atoms with van der Waals surface area (Å²) in [4.78, 5) is 26.7. The summed E-state index contributed by atoms with van der Waals surface area (Å²) < 4.78 is 38.5. The smallest absolute Gasteiger partial charge is 0.243 e. The molecule has 35 heavy (non-hydrogen) atoms. The van der Waals surface area contributed by atoms with E-state index in [1.165, 1.54) is 18.3 Å². The Labute approximate surface area is 206 Å². The molecule has 1 atom stereocenters. The van der Waals surface area contributed by atoms with Crippen molar-refractivity contribution < 1.29 is 27.5 Å². The maximum Gasteiger partial charge on any atom is 0.243 e. The molecule has 2 aliphatic rings. The van der Waals surface area contributed by atoms with E-state index in [9.17, 15) is 18.0 Å². The fourth-order valence-corrected chi connectivity index (χ4v) is 6.43. The highest BCUT2D eigenvalue weighted by Crippen LogP contribution is 2.35. The lowest BCUT2D eigenvalue weighted by Crippen LogP contribution is -2.41. The SMILES string of the molecule is COc1ccc(NC(=O)C2CCN(S(=O)(=O)c3ccc4c(c3)C[C@@H](C)N4C(C)=O)CC2)cc1OC. The molecule has 0 bridgehead atoms. The molecular formula is C25H31N3O6S. The first-order chi connectivity index (χ1) is 16.6. The maximum atomic E-state index is 13.3. The molecule has 2 aliphatic heterocycles. The average molecular weight is 502 g/mol. The van der Waals surface area contributed by atoms with E-state index in [2.05, 4.69) is 5.32 Å². The van der Waals surface area contributed by atoms with Crippen LogP contribution in [0.25, 0.3) is 0 Å². The molecule has 0 aromatic heterocycles. The van der Waals surface area contributed by atoms with Crippen LogP contribution >= 0.6 is 0 Å². The molecule has 2 heterocycles. The monoisotopic (exact) mass is 501 g/mol. The van der Waals surface area contributed by atoms with Crippen molar-refractivity contribution in [2.45, 2.75) is 44.0 Å². The van der Waals surface area contributed by atoms with Crippen LogP contribution in [-0.2, 0) is 26.0 Å². The first-order valence-electron chi connectivity index (χ1n) is 11.6. The molecule has 2 aromatic carbocycles. The molecule has 0 aliphatic carbocycles. The van der Waals surface area contributed by atoms with Gasteiger partial charge in [0.2, 0.25) is 21.8 Å². The van der Waals surface area contributed by atoms with Crippen molar-refractivity contribution in [2.75, 3.05) is 37.5 Å². The van der Waals surface area contributed by atoms with Crippen LogP contribution in [0.3, 0.4) is 0 Å². The van der Waals surface area contributed by atoms with Crippen molar-refractivity contribution in [3.05, 3.63) is 42.0 Å². The average Bonchev–Trinajstić information content (AvgIpc) is 3.19. The second kappa shape index (κ2) is 9.87. The third-order valence-electron chi connectivity index (χ3n) is 6.72. The van der Waals surface area contributed by atoms with E-state index in [4.69, 9.17) is 9.47 Å². The van der Waals surface area contributed by atoms with Crippen molar-refractivity contribution in [3.63, 3.8) is 0 Å². The normalized spacial score (nSPS) is 18.7. The molecule has 0 spiro atoms. The minimum atomic E-state index is -3.70. The van der Waals surface area contributed by atoms with Crippen LogP contribution in [0.1, 0.15) is 32.3 Å². The van der Waals surface area contributed by atoms with Gasteiger partial charge >= 0.3 is 0 Å². The number of ether oxygens (including phenoxy) is 2. The lowest BCUT2D eigenvalue weighted by Gasteiger charge is -2.30. The number of rotatable bonds is 6. The fraction of sp³-hybridized carbons (Fsp3) is 0.440. The summed E-state index contributed by atoms with van der Waals surface area (Å²) >= 11 is 0. The number of hydrogen-bond donors (Lipinski definition) is 1. The Hall–Kier alpha value is -3.11.